The Morgan fingerprint density at radius 1 is 1.73 bits per heavy atom. The molecular formula is C7H10N2OS. The molecule has 1 atom stereocenters. The standard InChI is InChI=1S/C7H10N2OS/c1-2-7(8-3-1)10-6-4-9-11-5-6/h4-5,7-8H,1-3H2. The predicted octanol–water partition coefficient (Wildman–Crippen LogP) is 1.23. The minimum absolute atomic E-state index is 0.214. The van der Waals surface area contributed by atoms with Crippen molar-refractivity contribution in [3.05, 3.63) is 11.6 Å². The van der Waals surface area contributed by atoms with E-state index in [9.17, 15) is 0 Å². The Balaban J connectivity index is 1.90. The van der Waals surface area contributed by atoms with Crippen molar-refractivity contribution < 1.29 is 4.74 Å². The minimum atomic E-state index is 0.214. The van der Waals surface area contributed by atoms with E-state index in [-0.39, 0.29) is 6.23 Å². The number of aromatic nitrogens is 1. The van der Waals surface area contributed by atoms with Crippen molar-refractivity contribution in [1.82, 2.24) is 9.69 Å². The first-order valence-electron chi connectivity index (χ1n) is 3.74. The van der Waals surface area contributed by atoms with Crippen LogP contribution in [0.5, 0.6) is 5.75 Å². The third-order valence-corrected chi connectivity index (χ3v) is 2.27. The molecule has 0 saturated carbocycles. The van der Waals surface area contributed by atoms with Crippen LogP contribution >= 0.6 is 11.5 Å². The zero-order chi connectivity index (χ0) is 7.52. The maximum absolute atomic E-state index is 5.55. The lowest BCUT2D eigenvalue weighted by Crippen LogP contribution is -2.27. The minimum Gasteiger partial charge on any atom is -0.473 e. The zero-order valence-electron chi connectivity index (χ0n) is 6.12. The van der Waals surface area contributed by atoms with E-state index in [0.29, 0.717) is 0 Å². The van der Waals surface area contributed by atoms with Gasteiger partial charge in [0.1, 0.15) is 6.23 Å². The van der Waals surface area contributed by atoms with Crippen molar-refractivity contribution in [3.63, 3.8) is 0 Å². The highest BCUT2D eigenvalue weighted by atomic mass is 32.1. The summed E-state index contributed by atoms with van der Waals surface area (Å²) >= 11 is 1.42. The Kier molecular flexibility index (Phi) is 2.05. The third-order valence-electron chi connectivity index (χ3n) is 1.70. The van der Waals surface area contributed by atoms with Crippen LogP contribution in [0.1, 0.15) is 12.8 Å². The van der Waals surface area contributed by atoms with E-state index in [1.54, 1.807) is 6.20 Å². The molecule has 1 aromatic heterocycles. The number of nitrogens with zero attached hydrogens (tertiary/aromatic N) is 1. The monoisotopic (exact) mass is 170 g/mol. The fourth-order valence-electron chi connectivity index (χ4n) is 1.17. The number of hydrogen-bond donors (Lipinski definition) is 1. The second kappa shape index (κ2) is 3.19. The van der Waals surface area contributed by atoms with E-state index in [2.05, 4.69) is 9.69 Å². The summed E-state index contributed by atoms with van der Waals surface area (Å²) < 4.78 is 9.51. The molecule has 1 aliphatic heterocycles. The number of rotatable bonds is 2. The lowest BCUT2D eigenvalue weighted by molar-refractivity contribution is 0.188. The Morgan fingerprint density at radius 2 is 2.73 bits per heavy atom. The van der Waals surface area contributed by atoms with Crippen molar-refractivity contribution >= 4 is 11.5 Å². The Labute approximate surface area is 69.5 Å². The lowest BCUT2D eigenvalue weighted by atomic mass is 10.4. The molecule has 0 spiro atoms. The van der Waals surface area contributed by atoms with Crippen molar-refractivity contribution in [2.24, 2.45) is 0 Å². The first-order chi connectivity index (χ1) is 5.45. The Hall–Kier alpha value is -0.610. The molecule has 0 radical (unpaired) electrons. The van der Waals surface area contributed by atoms with E-state index in [0.717, 1.165) is 18.7 Å². The highest BCUT2D eigenvalue weighted by molar-refractivity contribution is 7.03. The molecule has 1 aliphatic rings. The van der Waals surface area contributed by atoms with Gasteiger partial charge < -0.3 is 4.74 Å². The summed E-state index contributed by atoms with van der Waals surface area (Å²) in [6.45, 7) is 1.07. The molecule has 2 heterocycles. The Morgan fingerprint density at radius 3 is 3.36 bits per heavy atom. The van der Waals surface area contributed by atoms with Gasteiger partial charge in [-0.15, -0.1) is 0 Å². The van der Waals surface area contributed by atoms with Gasteiger partial charge in [-0.2, -0.15) is 4.37 Å². The summed E-state index contributed by atoms with van der Waals surface area (Å²) in [5, 5.41) is 5.17. The SMILES string of the molecule is c1nscc1OC1CCCN1. The molecule has 3 nitrogen and oxygen atoms in total. The van der Waals surface area contributed by atoms with Gasteiger partial charge in [-0.1, -0.05) is 0 Å². The van der Waals surface area contributed by atoms with Crippen molar-refractivity contribution in [3.8, 4) is 5.75 Å². The van der Waals surface area contributed by atoms with Crippen LogP contribution in [0.3, 0.4) is 0 Å². The van der Waals surface area contributed by atoms with Crippen LogP contribution in [0.4, 0.5) is 0 Å². The molecule has 60 valence electrons. The van der Waals surface area contributed by atoms with E-state index in [4.69, 9.17) is 4.74 Å². The molecule has 1 N–H and O–H groups in total. The molecule has 0 aromatic carbocycles. The summed E-state index contributed by atoms with van der Waals surface area (Å²) in [5.74, 6) is 0.884. The van der Waals surface area contributed by atoms with Crippen LogP contribution in [-0.4, -0.2) is 17.1 Å². The maximum Gasteiger partial charge on any atom is 0.152 e. The van der Waals surface area contributed by atoms with Gasteiger partial charge in [0.05, 0.1) is 11.6 Å². The molecule has 4 heteroatoms. The molecular weight excluding hydrogens is 160 g/mol. The normalized spacial score (nSPS) is 23.8. The number of ether oxygens (including phenoxy) is 1. The topological polar surface area (TPSA) is 34.1 Å². The van der Waals surface area contributed by atoms with E-state index < -0.39 is 0 Å². The summed E-state index contributed by atoms with van der Waals surface area (Å²) in [6, 6.07) is 0. The van der Waals surface area contributed by atoms with Gasteiger partial charge in [-0.25, -0.2) is 0 Å². The van der Waals surface area contributed by atoms with Gasteiger partial charge in [-0.05, 0) is 30.9 Å². The molecule has 11 heavy (non-hydrogen) atoms. The quantitative estimate of drug-likeness (QED) is 0.725. The largest absolute Gasteiger partial charge is 0.473 e. The average Bonchev–Trinajstić information content (AvgIpc) is 2.60. The molecule has 1 unspecified atom stereocenters. The van der Waals surface area contributed by atoms with Gasteiger partial charge in [0.25, 0.3) is 0 Å². The van der Waals surface area contributed by atoms with Crippen molar-refractivity contribution in [2.75, 3.05) is 6.54 Å². The van der Waals surface area contributed by atoms with Crippen LogP contribution in [0.2, 0.25) is 0 Å². The summed E-state index contributed by atoms with van der Waals surface area (Å²) in [5.41, 5.74) is 0. The first-order valence-corrected chi connectivity index (χ1v) is 4.58. The van der Waals surface area contributed by atoms with Gasteiger partial charge in [0, 0.05) is 0 Å². The van der Waals surface area contributed by atoms with Crippen LogP contribution in [0.25, 0.3) is 0 Å². The maximum atomic E-state index is 5.55. The Bertz CT molecular complexity index is 206. The molecule has 0 amide bonds. The molecule has 0 aliphatic carbocycles. The second-order valence-electron chi connectivity index (χ2n) is 2.56. The van der Waals surface area contributed by atoms with Crippen molar-refractivity contribution in [1.29, 1.82) is 0 Å². The molecule has 1 fully saturated rings. The van der Waals surface area contributed by atoms with Crippen LogP contribution < -0.4 is 10.1 Å². The lowest BCUT2D eigenvalue weighted by Gasteiger charge is -2.10. The molecule has 1 saturated heterocycles. The first kappa shape index (κ1) is 7.06. The van der Waals surface area contributed by atoms with E-state index in [1.165, 1.54) is 18.0 Å². The van der Waals surface area contributed by atoms with E-state index >= 15 is 0 Å². The van der Waals surface area contributed by atoms with Crippen LogP contribution in [0, 0.1) is 0 Å². The van der Waals surface area contributed by atoms with Crippen LogP contribution in [-0.2, 0) is 0 Å². The van der Waals surface area contributed by atoms with Gasteiger partial charge in [0.15, 0.2) is 5.75 Å². The smallest absolute Gasteiger partial charge is 0.152 e. The summed E-state index contributed by atoms with van der Waals surface area (Å²) in [7, 11) is 0. The summed E-state index contributed by atoms with van der Waals surface area (Å²) in [6.07, 6.45) is 4.29. The third kappa shape index (κ3) is 1.70. The predicted molar refractivity (Wildman–Crippen MR) is 43.8 cm³/mol. The van der Waals surface area contributed by atoms with Gasteiger partial charge >= 0.3 is 0 Å². The fourth-order valence-corrected chi connectivity index (χ4v) is 1.62. The average molecular weight is 170 g/mol. The molecule has 0 bridgehead atoms. The molecule has 2 rings (SSSR count). The summed E-state index contributed by atoms with van der Waals surface area (Å²) in [4.78, 5) is 0. The van der Waals surface area contributed by atoms with Crippen molar-refractivity contribution in [2.45, 2.75) is 19.1 Å². The number of nitrogens with one attached hydrogen (secondary N) is 1. The highest BCUT2D eigenvalue weighted by Gasteiger charge is 2.15. The van der Waals surface area contributed by atoms with Gasteiger partial charge in [-0.3, -0.25) is 5.32 Å². The van der Waals surface area contributed by atoms with E-state index in [1.807, 2.05) is 5.38 Å². The molecule has 1 aromatic rings. The number of hydrogen-bond acceptors (Lipinski definition) is 4. The highest BCUT2D eigenvalue weighted by Crippen LogP contribution is 2.16. The fraction of sp³-hybridized carbons (Fsp3) is 0.571. The van der Waals surface area contributed by atoms with Crippen LogP contribution in [0.15, 0.2) is 11.6 Å². The van der Waals surface area contributed by atoms with Gasteiger partial charge in [0.2, 0.25) is 0 Å². The second-order valence-corrected chi connectivity index (χ2v) is 3.22. The zero-order valence-corrected chi connectivity index (χ0v) is 6.93.